The van der Waals surface area contributed by atoms with Crippen molar-refractivity contribution in [3.63, 3.8) is 0 Å². The fourth-order valence-electron chi connectivity index (χ4n) is 3.81. The minimum atomic E-state index is -0.159. The number of aromatic nitrogens is 3. The van der Waals surface area contributed by atoms with Gasteiger partial charge in [0.2, 0.25) is 0 Å². The topological polar surface area (TPSA) is 88.5 Å². The van der Waals surface area contributed by atoms with Gasteiger partial charge in [0.15, 0.2) is 5.78 Å². The fraction of sp³-hybridized carbons (Fsp3) is 0.435. The van der Waals surface area contributed by atoms with E-state index in [0.717, 1.165) is 41.0 Å². The monoisotopic (exact) mass is 519 g/mol. The predicted molar refractivity (Wildman–Crippen MR) is 135 cm³/mol. The third-order valence-electron chi connectivity index (χ3n) is 5.60. The maximum atomic E-state index is 12.7. The summed E-state index contributed by atoms with van der Waals surface area (Å²) in [7, 11) is 0. The van der Waals surface area contributed by atoms with E-state index in [2.05, 4.69) is 31.7 Å². The number of esters is 1. The van der Waals surface area contributed by atoms with Crippen molar-refractivity contribution in [2.75, 3.05) is 37.7 Å². The Morgan fingerprint density at radius 3 is 2.74 bits per heavy atom. The molecule has 0 aliphatic carbocycles. The highest BCUT2D eigenvalue weighted by Gasteiger charge is 2.25. The second kappa shape index (κ2) is 11.4. The maximum absolute atomic E-state index is 12.7. The lowest BCUT2D eigenvalue weighted by Gasteiger charge is -2.40. The van der Waals surface area contributed by atoms with Crippen LogP contribution in [0.15, 0.2) is 29.2 Å². The van der Waals surface area contributed by atoms with E-state index in [4.69, 9.17) is 16.3 Å². The maximum Gasteiger partial charge on any atom is 0.307 e. The van der Waals surface area contributed by atoms with Gasteiger partial charge in [-0.25, -0.2) is 15.0 Å². The molecule has 0 amide bonds. The molecule has 1 aliphatic heterocycles. The number of ketones is 1. The van der Waals surface area contributed by atoms with Crippen LogP contribution in [0.5, 0.6) is 0 Å². The van der Waals surface area contributed by atoms with Crippen molar-refractivity contribution in [3.05, 3.63) is 44.9 Å². The molecule has 0 spiro atoms. The number of hydrogen-bond donors (Lipinski definition) is 0. The molecule has 0 bridgehead atoms. The first-order chi connectivity index (χ1) is 16.4. The molecule has 180 valence electrons. The van der Waals surface area contributed by atoms with Gasteiger partial charge < -0.3 is 9.64 Å². The lowest BCUT2D eigenvalue weighted by molar-refractivity contribution is -0.143. The molecule has 1 saturated heterocycles. The average molecular weight is 520 g/mol. The van der Waals surface area contributed by atoms with Crippen molar-refractivity contribution in [1.29, 1.82) is 0 Å². The van der Waals surface area contributed by atoms with Crippen LogP contribution >= 0.6 is 34.3 Å². The van der Waals surface area contributed by atoms with E-state index in [0.29, 0.717) is 30.3 Å². The number of Topliss-reactive ketones (excluding diaryl/α,β-unsaturated/α-hetero) is 1. The standard InChI is InChI=1S/C23H26ClN5O3S2/c1-3-32-23(31)4-5-28-6-7-29(12-15(28)2)21-11-25-17(10-26-21)19(30)9-22-27-18(14-34-22)20-8-16(24)13-33-20/h8,10-11,13-15H,3-7,9,12H2,1-2H3/t15-/m1/s1. The summed E-state index contributed by atoms with van der Waals surface area (Å²) in [6.07, 6.45) is 3.79. The molecule has 4 rings (SSSR count). The van der Waals surface area contributed by atoms with Crippen molar-refractivity contribution < 1.29 is 14.3 Å². The molecule has 1 atom stereocenters. The molecule has 3 aromatic heterocycles. The van der Waals surface area contributed by atoms with Gasteiger partial charge in [-0.05, 0) is 19.9 Å². The van der Waals surface area contributed by atoms with Crippen molar-refractivity contribution in [2.24, 2.45) is 0 Å². The molecule has 0 N–H and O–H groups in total. The van der Waals surface area contributed by atoms with Crippen molar-refractivity contribution in [3.8, 4) is 10.6 Å². The van der Waals surface area contributed by atoms with Gasteiger partial charge in [0.1, 0.15) is 16.5 Å². The Bertz CT molecular complexity index is 1130. The molecule has 0 unspecified atom stereocenters. The Labute approximate surface area is 211 Å². The van der Waals surface area contributed by atoms with Gasteiger partial charge in [0.05, 0.1) is 47.4 Å². The van der Waals surface area contributed by atoms with Gasteiger partial charge in [0.25, 0.3) is 0 Å². The molecule has 11 heteroatoms. The first-order valence-electron chi connectivity index (χ1n) is 11.1. The summed E-state index contributed by atoms with van der Waals surface area (Å²) < 4.78 is 5.02. The van der Waals surface area contributed by atoms with E-state index in [1.54, 1.807) is 12.4 Å². The van der Waals surface area contributed by atoms with E-state index in [1.165, 1.54) is 22.7 Å². The summed E-state index contributed by atoms with van der Waals surface area (Å²) in [6.45, 7) is 7.43. The van der Waals surface area contributed by atoms with Crippen LogP contribution in [0.4, 0.5) is 5.82 Å². The average Bonchev–Trinajstić information content (AvgIpc) is 3.47. The van der Waals surface area contributed by atoms with Crippen LogP contribution in [0.1, 0.15) is 35.8 Å². The van der Waals surface area contributed by atoms with Gasteiger partial charge in [-0.15, -0.1) is 22.7 Å². The third kappa shape index (κ3) is 6.18. The van der Waals surface area contributed by atoms with Crippen molar-refractivity contribution in [2.45, 2.75) is 32.7 Å². The Morgan fingerprint density at radius 2 is 2.06 bits per heavy atom. The molecular formula is C23H26ClN5O3S2. The van der Waals surface area contributed by atoms with Crippen molar-refractivity contribution in [1.82, 2.24) is 19.9 Å². The van der Waals surface area contributed by atoms with Gasteiger partial charge in [0, 0.05) is 43.0 Å². The van der Waals surface area contributed by atoms with Crippen LogP contribution in [0, 0.1) is 0 Å². The largest absolute Gasteiger partial charge is 0.466 e. The van der Waals surface area contributed by atoms with Gasteiger partial charge in [-0.1, -0.05) is 11.6 Å². The molecule has 0 aromatic carbocycles. The summed E-state index contributed by atoms with van der Waals surface area (Å²) in [4.78, 5) is 43.2. The number of thiazole rings is 1. The van der Waals surface area contributed by atoms with Crippen LogP contribution in [0.3, 0.4) is 0 Å². The van der Waals surface area contributed by atoms with Crippen LogP contribution in [-0.4, -0.2) is 70.4 Å². The van der Waals surface area contributed by atoms with Gasteiger partial charge in [-0.2, -0.15) is 0 Å². The summed E-state index contributed by atoms with van der Waals surface area (Å²) in [5, 5.41) is 5.23. The number of anilines is 1. The van der Waals surface area contributed by atoms with E-state index < -0.39 is 0 Å². The lowest BCUT2D eigenvalue weighted by atomic mass is 10.2. The first-order valence-corrected chi connectivity index (χ1v) is 13.2. The zero-order valence-electron chi connectivity index (χ0n) is 19.1. The van der Waals surface area contributed by atoms with Crippen molar-refractivity contribution >= 4 is 51.8 Å². The quantitative estimate of drug-likeness (QED) is 0.307. The van der Waals surface area contributed by atoms with Crippen LogP contribution in [-0.2, 0) is 16.0 Å². The molecule has 8 nitrogen and oxygen atoms in total. The van der Waals surface area contributed by atoms with Gasteiger partial charge in [-0.3, -0.25) is 14.5 Å². The second-order valence-electron chi connectivity index (χ2n) is 8.00. The number of ether oxygens (including phenoxy) is 1. The number of halogens is 1. The van der Waals surface area contributed by atoms with Gasteiger partial charge >= 0.3 is 5.97 Å². The van der Waals surface area contributed by atoms with Crippen LogP contribution in [0.25, 0.3) is 10.6 Å². The smallest absolute Gasteiger partial charge is 0.307 e. The SMILES string of the molecule is CCOC(=O)CCN1CCN(c2cnc(C(=O)Cc3nc(-c4cc(Cl)cs4)cs3)cn2)C[C@H]1C. The third-order valence-corrected chi connectivity index (χ3v) is 7.75. The van der Waals surface area contributed by atoms with E-state index >= 15 is 0 Å². The van der Waals surface area contributed by atoms with E-state index in [-0.39, 0.29) is 24.2 Å². The number of piperazine rings is 1. The highest BCUT2D eigenvalue weighted by Crippen LogP contribution is 2.30. The molecule has 1 fully saturated rings. The Balaban J connectivity index is 1.30. The number of hydrogen-bond acceptors (Lipinski definition) is 10. The number of rotatable bonds is 9. The molecule has 0 saturated carbocycles. The molecule has 3 aromatic rings. The Kier molecular flexibility index (Phi) is 8.25. The zero-order chi connectivity index (χ0) is 24.1. The first kappa shape index (κ1) is 24.7. The van der Waals surface area contributed by atoms with Crippen LogP contribution in [0.2, 0.25) is 5.02 Å². The normalized spacial score (nSPS) is 16.6. The number of carbonyl (C=O) groups is 2. The molecule has 0 radical (unpaired) electrons. The fourth-order valence-corrected chi connectivity index (χ4v) is 5.72. The Morgan fingerprint density at radius 1 is 1.21 bits per heavy atom. The highest BCUT2D eigenvalue weighted by atomic mass is 35.5. The summed E-state index contributed by atoms with van der Waals surface area (Å²) in [5.41, 5.74) is 1.17. The van der Waals surface area contributed by atoms with E-state index in [9.17, 15) is 9.59 Å². The van der Waals surface area contributed by atoms with E-state index in [1.807, 2.05) is 23.8 Å². The predicted octanol–water partition coefficient (Wildman–Crippen LogP) is 4.20. The lowest BCUT2D eigenvalue weighted by Crippen LogP contribution is -2.52. The molecular weight excluding hydrogens is 494 g/mol. The number of nitrogens with zero attached hydrogens (tertiary/aromatic N) is 5. The Hall–Kier alpha value is -2.40. The highest BCUT2D eigenvalue weighted by molar-refractivity contribution is 7.15. The summed E-state index contributed by atoms with van der Waals surface area (Å²) in [5.74, 6) is 0.481. The minimum Gasteiger partial charge on any atom is -0.466 e. The molecule has 34 heavy (non-hydrogen) atoms. The minimum absolute atomic E-state index is 0.110. The number of carbonyl (C=O) groups excluding carboxylic acids is 2. The summed E-state index contributed by atoms with van der Waals surface area (Å²) >= 11 is 8.98. The molecule has 4 heterocycles. The van der Waals surface area contributed by atoms with Crippen LogP contribution < -0.4 is 4.90 Å². The summed E-state index contributed by atoms with van der Waals surface area (Å²) in [6, 6.07) is 2.14. The zero-order valence-corrected chi connectivity index (χ0v) is 21.5. The number of thiophene rings is 1. The molecule has 1 aliphatic rings. The second-order valence-corrected chi connectivity index (χ2v) is 10.3.